The SMILES string of the molecule is Cc1cccc(-c2ncnc3c2cnn3CCN2CCCCC2)c1. The van der Waals surface area contributed by atoms with Crippen molar-refractivity contribution in [3.05, 3.63) is 42.4 Å². The summed E-state index contributed by atoms with van der Waals surface area (Å²) in [5.41, 5.74) is 4.25. The van der Waals surface area contributed by atoms with E-state index >= 15 is 0 Å². The van der Waals surface area contributed by atoms with Crippen LogP contribution < -0.4 is 0 Å². The number of nitrogens with zero attached hydrogens (tertiary/aromatic N) is 5. The summed E-state index contributed by atoms with van der Waals surface area (Å²) in [4.78, 5) is 11.5. The van der Waals surface area contributed by atoms with Crippen molar-refractivity contribution in [2.45, 2.75) is 32.7 Å². The van der Waals surface area contributed by atoms with E-state index in [9.17, 15) is 0 Å². The van der Waals surface area contributed by atoms with Crippen LogP contribution in [0.3, 0.4) is 0 Å². The summed E-state index contributed by atoms with van der Waals surface area (Å²) in [6.45, 7) is 6.45. The first-order valence-electron chi connectivity index (χ1n) is 8.77. The Morgan fingerprint density at radius 2 is 1.92 bits per heavy atom. The highest BCUT2D eigenvalue weighted by atomic mass is 15.3. The van der Waals surface area contributed by atoms with Gasteiger partial charge in [-0.2, -0.15) is 5.10 Å². The van der Waals surface area contributed by atoms with Gasteiger partial charge in [0.2, 0.25) is 0 Å². The molecule has 5 nitrogen and oxygen atoms in total. The molecule has 2 aromatic heterocycles. The van der Waals surface area contributed by atoms with Crippen LogP contribution in [0.2, 0.25) is 0 Å². The number of fused-ring (bicyclic) bond motifs is 1. The molecule has 1 saturated heterocycles. The van der Waals surface area contributed by atoms with E-state index < -0.39 is 0 Å². The number of hydrogen-bond donors (Lipinski definition) is 0. The Hall–Kier alpha value is -2.27. The summed E-state index contributed by atoms with van der Waals surface area (Å²) in [6, 6.07) is 8.43. The zero-order chi connectivity index (χ0) is 16.4. The minimum atomic E-state index is 0.883. The lowest BCUT2D eigenvalue weighted by Gasteiger charge is -2.26. The molecule has 0 atom stereocenters. The Morgan fingerprint density at radius 3 is 2.75 bits per heavy atom. The maximum Gasteiger partial charge on any atom is 0.161 e. The average molecular weight is 321 g/mol. The number of likely N-dealkylation sites (tertiary alicyclic amines) is 1. The van der Waals surface area contributed by atoms with Crippen molar-refractivity contribution >= 4 is 11.0 Å². The lowest BCUT2D eigenvalue weighted by molar-refractivity contribution is 0.219. The summed E-state index contributed by atoms with van der Waals surface area (Å²) in [5.74, 6) is 0. The fourth-order valence-corrected chi connectivity index (χ4v) is 3.50. The highest BCUT2D eigenvalue weighted by Crippen LogP contribution is 2.25. The van der Waals surface area contributed by atoms with Gasteiger partial charge in [-0.1, -0.05) is 30.2 Å². The molecule has 24 heavy (non-hydrogen) atoms. The fourth-order valence-electron chi connectivity index (χ4n) is 3.50. The van der Waals surface area contributed by atoms with Crippen molar-refractivity contribution in [1.29, 1.82) is 0 Å². The number of aromatic nitrogens is 4. The van der Waals surface area contributed by atoms with Crippen LogP contribution in [-0.2, 0) is 6.54 Å². The van der Waals surface area contributed by atoms with Crippen LogP contribution in [0.15, 0.2) is 36.8 Å². The molecule has 1 aromatic carbocycles. The van der Waals surface area contributed by atoms with Crippen LogP contribution in [0, 0.1) is 6.92 Å². The maximum atomic E-state index is 4.58. The molecule has 3 aromatic rings. The monoisotopic (exact) mass is 321 g/mol. The van der Waals surface area contributed by atoms with Crippen LogP contribution in [0.1, 0.15) is 24.8 Å². The third-order valence-corrected chi connectivity index (χ3v) is 4.80. The maximum absolute atomic E-state index is 4.58. The van der Waals surface area contributed by atoms with Gasteiger partial charge in [-0.05, 0) is 38.9 Å². The van der Waals surface area contributed by atoms with E-state index in [-0.39, 0.29) is 0 Å². The Balaban J connectivity index is 1.61. The van der Waals surface area contributed by atoms with E-state index in [2.05, 4.69) is 51.2 Å². The van der Waals surface area contributed by atoms with Gasteiger partial charge in [0.25, 0.3) is 0 Å². The highest BCUT2D eigenvalue weighted by Gasteiger charge is 2.14. The summed E-state index contributed by atoms with van der Waals surface area (Å²) in [5, 5.41) is 5.61. The lowest BCUT2D eigenvalue weighted by atomic mass is 10.1. The molecule has 0 saturated carbocycles. The number of piperidine rings is 1. The van der Waals surface area contributed by atoms with Gasteiger partial charge in [-0.3, -0.25) is 0 Å². The Bertz CT molecular complexity index is 833. The number of rotatable bonds is 4. The average Bonchev–Trinajstić information content (AvgIpc) is 3.04. The second kappa shape index (κ2) is 6.69. The molecule has 1 aliphatic rings. The van der Waals surface area contributed by atoms with Crippen molar-refractivity contribution < 1.29 is 0 Å². The first-order valence-corrected chi connectivity index (χ1v) is 8.77. The molecule has 1 aliphatic heterocycles. The van der Waals surface area contributed by atoms with Gasteiger partial charge in [0.1, 0.15) is 6.33 Å². The molecule has 3 heterocycles. The number of hydrogen-bond acceptors (Lipinski definition) is 4. The Labute approximate surface area is 142 Å². The minimum Gasteiger partial charge on any atom is -0.301 e. The summed E-state index contributed by atoms with van der Waals surface area (Å²) in [7, 11) is 0. The molecule has 0 aliphatic carbocycles. The van der Waals surface area contributed by atoms with Crippen molar-refractivity contribution in [2.24, 2.45) is 0 Å². The summed E-state index contributed by atoms with van der Waals surface area (Å²) < 4.78 is 2.02. The van der Waals surface area contributed by atoms with Gasteiger partial charge in [0.15, 0.2) is 5.65 Å². The topological polar surface area (TPSA) is 46.8 Å². The molecular formula is C19H23N5. The largest absolute Gasteiger partial charge is 0.301 e. The second-order valence-electron chi connectivity index (χ2n) is 6.60. The van der Waals surface area contributed by atoms with Gasteiger partial charge in [-0.25, -0.2) is 14.6 Å². The van der Waals surface area contributed by atoms with Crippen LogP contribution >= 0.6 is 0 Å². The zero-order valence-corrected chi connectivity index (χ0v) is 14.1. The Morgan fingerprint density at radius 1 is 1.04 bits per heavy atom. The molecule has 0 N–H and O–H groups in total. The molecule has 5 heteroatoms. The number of benzene rings is 1. The van der Waals surface area contributed by atoms with Crippen LogP contribution in [0.4, 0.5) is 0 Å². The normalized spacial score (nSPS) is 15.9. The van der Waals surface area contributed by atoms with E-state index in [1.165, 1.54) is 37.9 Å². The van der Waals surface area contributed by atoms with E-state index in [0.717, 1.165) is 35.4 Å². The van der Waals surface area contributed by atoms with E-state index in [1.807, 2.05) is 10.9 Å². The fraction of sp³-hybridized carbons (Fsp3) is 0.421. The van der Waals surface area contributed by atoms with Crippen molar-refractivity contribution in [3.63, 3.8) is 0 Å². The summed E-state index contributed by atoms with van der Waals surface area (Å²) in [6.07, 6.45) is 7.57. The first kappa shape index (κ1) is 15.3. The van der Waals surface area contributed by atoms with Gasteiger partial charge in [-0.15, -0.1) is 0 Å². The molecule has 0 radical (unpaired) electrons. The highest BCUT2D eigenvalue weighted by molar-refractivity contribution is 5.89. The Kier molecular flexibility index (Phi) is 4.26. The first-order chi connectivity index (χ1) is 11.8. The molecule has 0 amide bonds. The minimum absolute atomic E-state index is 0.883. The van der Waals surface area contributed by atoms with Crippen LogP contribution in [0.5, 0.6) is 0 Å². The van der Waals surface area contributed by atoms with Crippen LogP contribution in [-0.4, -0.2) is 44.3 Å². The smallest absolute Gasteiger partial charge is 0.161 e. The molecule has 0 spiro atoms. The van der Waals surface area contributed by atoms with Gasteiger partial charge >= 0.3 is 0 Å². The molecular weight excluding hydrogens is 298 g/mol. The third-order valence-electron chi connectivity index (χ3n) is 4.80. The predicted molar refractivity (Wildman–Crippen MR) is 95.8 cm³/mol. The van der Waals surface area contributed by atoms with Crippen molar-refractivity contribution in [3.8, 4) is 11.3 Å². The van der Waals surface area contributed by atoms with E-state index in [1.54, 1.807) is 6.33 Å². The summed E-state index contributed by atoms with van der Waals surface area (Å²) >= 11 is 0. The standard InChI is InChI=1S/C19H23N5/c1-15-6-5-7-16(12-15)18-17-13-22-24(19(17)21-14-20-18)11-10-23-8-3-2-4-9-23/h5-7,12-14H,2-4,8-11H2,1H3. The molecule has 1 fully saturated rings. The molecule has 0 bridgehead atoms. The van der Waals surface area contributed by atoms with Gasteiger partial charge in [0, 0.05) is 12.1 Å². The molecule has 0 unspecified atom stereocenters. The molecule has 4 rings (SSSR count). The number of aryl methyl sites for hydroxylation is 1. The van der Waals surface area contributed by atoms with Gasteiger partial charge < -0.3 is 4.90 Å². The third kappa shape index (κ3) is 3.04. The van der Waals surface area contributed by atoms with Crippen molar-refractivity contribution in [2.75, 3.05) is 19.6 Å². The van der Waals surface area contributed by atoms with Gasteiger partial charge in [0.05, 0.1) is 23.8 Å². The zero-order valence-electron chi connectivity index (χ0n) is 14.1. The van der Waals surface area contributed by atoms with E-state index in [4.69, 9.17) is 0 Å². The lowest BCUT2D eigenvalue weighted by Crippen LogP contribution is -2.32. The molecule has 124 valence electrons. The van der Waals surface area contributed by atoms with E-state index in [0.29, 0.717) is 0 Å². The predicted octanol–water partition coefficient (Wildman–Crippen LogP) is 3.29. The van der Waals surface area contributed by atoms with Crippen LogP contribution in [0.25, 0.3) is 22.3 Å². The quantitative estimate of drug-likeness (QED) is 0.740. The second-order valence-corrected chi connectivity index (χ2v) is 6.60. The van der Waals surface area contributed by atoms with Crippen molar-refractivity contribution in [1.82, 2.24) is 24.6 Å².